The second-order valence-corrected chi connectivity index (χ2v) is 9.02. The van der Waals surface area contributed by atoms with E-state index in [0.717, 1.165) is 4.47 Å². The third-order valence-electron chi connectivity index (χ3n) is 4.45. The fraction of sp³-hybridized carbons (Fsp3) is 0.0476. The lowest BCUT2D eigenvalue weighted by atomic mass is 10.2. The molecule has 8 heteroatoms. The van der Waals surface area contributed by atoms with Crippen molar-refractivity contribution in [2.75, 3.05) is 4.72 Å². The molecule has 3 aromatic carbocycles. The van der Waals surface area contributed by atoms with Gasteiger partial charge in [-0.3, -0.25) is 14.1 Å². The van der Waals surface area contributed by atoms with Gasteiger partial charge in [0.15, 0.2) is 0 Å². The molecule has 0 aliphatic carbocycles. The smallest absolute Gasteiger partial charge is 0.265 e. The maximum absolute atomic E-state index is 12.9. The Kier molecular flexibility index (Phi) is 4.97. The van der Waals surface area contributed by atoms with E-state index in [4.69, 9.17) is 0 Å². The number of para-hydroxylation sites is 1. The first-order chi connectivity index (χ1) is 13.8. The van der Waals surface area contributed by atoms with E-state index < -0.39 is 10.0 Å². The fourth-order valence-corrected chi connectivity index (χ4v) is 4.38. The van der Waals surface area contributed by atoms with Crippen molar-refractivity contribution in [2.24, 2.45) is 0 Å². The molecular weight excluding hydrogens is 454 g/mol. The van der Waals surface area contributed by atoms with Crippen LogP contribution in [0.5, 0.6) is 0 Å². The summed E-state index contributed by atoms with van der Waals surface area (Å²) in [5, 5.41) is 0.526. The van der Waals surface area contributed by atoms with Crippen LogP contribution in [0.3, 0.4) is 0 Å². The molecule has 29 heavy (non-hydrogen) atoms. The molecule has 0 saturated heterocycles. The fourth-order valence-electron chi connectivity index (χ4n) is 3.05. The molecule has 0 spiro atoms. The molecule has 0 aliphatic heterocycles. The van der Waals surface area contributed by atoms with Crippen LogP contribution in [0.1, 0.15) is 5.82 Å². The van der Waals surface area contributed by atoms with Crippen molar-refractivity contribution < 1.29 is 8.42 Å². The predicted molar refractivity (Wildman–Crippen MR) is 117 cm³/mol. The maximum Gasteiger partial charge on any atom is 0.265 e. The lowest BCUT2D eigenvalue weighted by molar-refractivity contribution is 0.601. The summed E-state index contributed by atoms with van der Waals surface area (Å²) in [5.41, 5.74) is 1.48. The summed E-state index contributed by atoms with van der Waals surface area (Å²) in [6, 6.07) is 20.1. The predicted octanol–water partition coefficient (Wildman–Crippen LogP) is 4.26. The zero-order chi connectivity index (χ0) is 20.6. The monoisotopic (exact) mass is 469 g/mol. The molecule has 4 rings (SSSR count). The zero-order valence-corrected chi connectivity index (χ0v) is 17.7. The third-order valence-corrected chi connectivity index (χ3v) is 6.37. The number of rotatable bonds is 4. The number of benzene rings is 3. The van der Waals surface area contributed by atoms with Crippen molar-refractivity contribution in [3.63, 3.8) is 0 Å². The summed E-state index contributed by atoms with van der Waals surface area (Å²) in [5.74, 6) is 0.553. The van der Waals surface area contributed by atoms with Crippen LogP contribution in [-0.2, 0) is 10.0 Å². The molecule has 6 nitrogen and oxygen atoms in total. The van der Waals surface area contributed by atoms with Crippen LogP contribution in [0.25, 0.3) is 16.6 Å². The van der Waals surface area contributed by atoms with Crippen LogP contribution in [0.4, 0.5) is 5.69 Å². The second-order valence-electron chi connectivity index (χ2n) is 6.42. The summed E-state index contributed by atoms with van der Waals surface area (Å²) in [4.78, 5) is 17.5. The molecule has 0 fully saturated rings. The molecule has 0 atom stereocenters. The number of halogens is 1. The average Bonchev–Trinajstić information content (AvgIpc) is 2.69. The Morgan fingerprint density at radius 1 is 0.931 bits per heavy atom. The summed E-state index contributed by atoms with van der Waals surface area (Å²) in [6.07, 6.45) is 0. The second kappa shape index (κ2) is 7.46. The standard InChI is InChI=1S/C21H16BrN3O3S/c1-14-23-20-5-3-2-4-19(20)21(26)25(14)17-10-8-16(9-11-17)24-29(27,28)18-12-6-15(22)7-13-18/h2-13,24H,1H3. The lowest BCUT2D eigenvalue weighted by Crippen LogP contribution is -2.22. The van der Waals surface area contributed by atoms with E-state index in [1.165, 1.54) is 16.7 Å². The normalized spacial score (nSPS) is 11.5. The van der Waals surface area contributed by atoms with Gasteiger partial charge in [0, 0.05) is 10.2 Å². The maximum atomic E-state index is 12.9. The van der Waals surface area contributed by atoms with E-state index in [-0.39, 0.29) is 10.5 Å². The SMILES string of the molecule is Cc1nc2ccccc2c(=O)n1-c1ccc(NS(=O)(=O)c2ccc(Br)cc2)cc1. The first-order valence-corrected chi connectivity index (χ1v) is 11.0. The van der Waals surface area contributed by atoms with E-state index in [2.05, 4.69) is 25.6 Å². The van der Waals surface area contributed by atoms with Gasteiger partial charge in [0.25, 0.3) is 15.6 Å². The first-order valence-electron chi connectivity index (χ1n) is 8.72. The van der Waals surface area contributed by atoms with Crippen molar-refractivity contribution in [3.8, 4) is 5.69 Å². The van der Waals surface area contributed by atoms with Crippen LogP contribution in [-0.4, -0.2) is 18.0 Å². The minimum atomic E-state index is -3.70. The van der Waals surface area contributed by atoms with Crippen molar-refractivity contribution in [1.29, 1.82) is 0 Å². The molecule has 4 aromatic rings. The number of sulfonamides is 1. The Morgan fingerprint density at radius 2 is 1.59 bits per heavy atom. The van der Waals surface area contributed by atoms with Gasteiger partial charge in [-0.2, -0.15) is 0 Å². The third kappa shape index (κ3) is 3.81. The van der Waals surface area contributed by atoms with Gasteiger partial charge in [-0.25, -0.2) is 13.4 Å². The molecule has 1 aromatic heterocycles. The highest BCUT2D eigenvalue weighted by Crippen LogP contribution is 2.20. The van der Waals surface area contributed by atoms with Crippen molar-refractivity contribution in [3.05, 3.63) is 93.4 Å². The number of aromatic nitrogens is 2. The van der Waals surface area contributed by atoms with Crippen LogP contribution < -0.4 is 10.3 Å². The molecule has 0 aliphatic rings. The first kappa shape index (κ1) is 19.4. The van der Waals surface area contributed by atoms with Gasteiger partial charge in [0.1, 0.15) is 5.82 Å². The van der Waals surface area contributed by atoms with Gasteiger partial charge >= 0.3 is 0 Å². The molecule has 0 bridgehead atoms. The topological polar surface area (TPSA) is 81.1 Å². The summed E-state index contributed by atoms with van der Waals surface area (Å²) in [7, 11) is -3.70. The van der Waals surface area contributed by atoms with E-state index in [1.54, 1.807) is 61.5 Å². The number of fused-ring (bicyclic) bond motifs is 1. The molecule has 1 heterocycles. The van der Waals surface area contributed by atoms with Gasteiger partial charge in [0.2, 0.25) is 0 Å². The Labute approximate surface area is 176 Å². The number of hydrogen-bond acceptors (Lipinski definition) is 4. The molecule has 0 amide bonds. The van der Waals surface area contributed by atoms with Gasteiger partial charge < -0.3 is 0 Å². The Balaban J connectivity index is 1.68. The molecule has 0 unspecified atom stereocenters. The molecule has 1 N–H and O–H groups in total. The molecule has 146 valence electrons. The highest BCUT2D eigenvalue weighted by atomic mass is 79.9. The summed E-state index contributed by atoms with van der Waals surface area (Å²) >= 11 is 3.29. The van der Waals surface area contributed by atoms with Gasteiger partial charge in [0.05, 0.1) is 21.5 Å². The van der Waals surface area contributed by atoms with E-state index in [9.17, 15) is 13.2 Å². The Hall–Kier alpha value is -2.97. The van der Waals surface area contributed by atoms with Crippen LogP contribution >= 0.6 is 15.9 Å². The number of nitrogens with one attached hydrogen (secondary N) is 1. The van der Waals surface area contributed by atoms with Crippen molar-refractivity contribution >= 4 is 42.5 Å². The number of hydrogen-bond donors (Lipinski definition) is 1. The lowest BCUT2D eigenvalue weighted by Gasteiger charge is -2.12. The van der Waals surface area contributed by atoms with E-state index in [1.807, 2.05) is 6.07 Å². The van der Waals surface area contributed by atoms with Crippen LogP contribution in [0.15, 0.2) is 87.0 Å². The van der Waals surface area contributed by atoms with E-state index >= 15 is 0 Å². The Morgan fingerprint density at radius 3 is 2.28 bits per heavy atom. The quantitative estimate of drug-likeness (QED) is 0.484. The molecule has 0 radical (unpaired) electrons. The zero-order valence-electron chi connectivity index (χ0n) is 15.3. The highest BCUT2D eigenvalue weighted by molar-refractivity contribution is 9.10. The van der Waals surface area contributed by atoms with Crippen molar-refractivity contribution in [1.82, 2.24) is 9.55 Å². The number of aryl methyl sites for hydroxylation is 1. The van der Waals surface area contributed by atoms with Gasteiger partial charge in [-0.05, 0) is 67.6 Å². The van der Waals surface area contributed by atoms with Crippen LogP contribution in [0, 0.1) is 6.92 Å². The number of nitrogens with zero attached hydrogens (tertiary/aromatic N) is 2. The highest BCUT2D eigenvalue weighted by Gasteiger charge is 2.14. The average molecular weight is 470 g/mol. The summed E-state index contributed by atoms with van der Waals surface area (Å²) in [6.45, 7) is 1.76. The molecular formula is C21H16BrN3O3S. The summed E-state index contributed by atoms with van der Waals surface area (Å²) < 4.78 is 29.9. The van der Waals surface area contributed by atoms with Gasteiger partial charge in [-0.15, -0.1) is 0 Å². The molecule has 0 saturated carbocycles. The Bertz CT molecular complexity index is 1360. The largest absolute Gasteiger partial charge is 0.280 e. The number of anilines is 1. The van der Waals surface area contributed by atoms with Crippen molar-refractivity contribution in [2.45, 2.75) is 11.8 Å². The van der Waals surface area contributed by atoms with Crippen LogP contribution in [0.2, 0.25) is 0 Å². The van der Waals surface area contributed by atoms with Gasteiger partial charge in [-0.1, -0.05) is 28.1 Å². The minimum Gasteiger partial charge on any atom is -0.280 e. The van der Waals surface area contributed by atoms with E-state index in [0.29, 0.717) is 28.1 Å². The minimum absolute atomic E-state index is 0.163.